The topological polar surface area (TPSA) is 34.0 Å². The first-order chi connectivity index (χ1) is 37.2. The van der Waals surface area contributed by atoms with E-state index in [2.05, 4.69) is 276 Å². The predicted octanol–water partition coefficient (Wildman–Crippen LogP) is 18.1. The maximum atomic E-state index is 5.40. The van der Waals surface area contributed by atoms with Crippen molar-refractivity contribution in [1.29, 1.82) is 0 Å². The van der Waals surface area contributed by atoms with E-state index in [4.69, 9.17) is 9.97 Å². The Hall–Kier alpha value is -9.90. The summed E-state index contributed by atoms with van der Waals surface area (Å²) in [7, 11) is 0. The van der Waals surface area contributed by atoms with E-state index in [0.717, 1.165) is 39.6 Å². The molecule has 350 valence electrons. The quantitative estimate of drug-likeness (QED) is 0.160. The molecule has 0 bridgehead atoms. The zero-order chi connectivity index (χ0) is 49.5. The molecule has 2 aromatic heterocycles. The second-order valence-corrected chi connectivity index (χ2v) is 19.7. The van der Waals surface area contributed by atoms with Crippen LogP contribution >= 0.6 is 0 Å². The van der Waals surface area contributed by atoms with Crippen LogP contribution in [-0.4, -0.2) is 14.5 Å². The molecule has 3 heterocycles. The molecule has 0 saturated carbocycles. The summed E-state index contributed by atoms with van der Waals surface area (Å²) in [5.74, 6) is 0.629. The van der Waals surface area contributed by atoms with E-state index in [1.165, 1.54) is 88.6 Å². The van der Waals surface area contributed by atoms with E-state index in [1.807, 2.05) is 12.1 Å². The lowest BCUT2D eigenvalue weighted by Crippen LogP contribution is -2.36. The molecule has 0 unspecified atom stereocenters. The third-order valence-corrected chi connectivity index (χ3v) is 15.7. The van der Waals surface area contributed by atoms with E-state index in [-0.39, 0.29) is 0 Å². The summed E-state index contributed by atoms with van der Waals surface area (Å²) >= 11 is 0. The van der Waals surface area contributed by atoms with Crippen molar-refractivity contribution in [2.45, 2.75) is 5.41 Å². The maximum absolute atomic E-state index is 5.40. The summed E-state index contributed by atoms with van der Waals surface area (Å²) < 4.78 is 2.39. The van der Waals surface area contributed by atoms with Gasteiger partial charge in [-0.05, 0) is 121 Å². The lowest BCUT2D eigenvalue weighted by atomic mass is 9.64. The van der Waals surface area contributed by atoms with E-state index < -0.39 is 5.41 Å². The molecule has 4 nitrogen and oxygen atoms in total. The van der Waals surface area contributed by atoms with Crippen LogP contribution in [0.25, 0.3) is 94.5 Å². The van der Waals surface area contributed by atoms with Crippen molar-refractivity contribution in [3.05, 3.63) is 301 Å². The number of hydrogen-bond acceptors (Lipinski definition) is 3. The van der Waals surface area contributed by atoms with Crippen molar-refractivity contribution in [3.8, 4) is 72.7 Å². The van der Waals surface area contributed by atoms with E-state index in [1.54, 1.807) is 0 Å². The third kappa shape index (κ3) is 6.70. The SMILES string of the molecule is c1ccc(-c2ccc(-n3c4ccccc4c4cc(-c5ccc(-c6ccc7c(c6)C6(c8ccccc8-7)c7ccccc7N(c7nc(-c8ccccc8)cc(-c8ccccc8)n7)c7ccccc76)cc5)ccc43)cc2)cc1. The second-order valence-electron chi connectivity index (χ2n) is 19.7. The number of aromatic nitrogens is 3. The number of benzene rings is 11. The van der Waals surface area contributed by atoms with Gasteiger partial charge in [-0.2, -0.15) is 0 Å². The zero-order valence-corrected chi connectivity index (χ0v) is 40.8. The summed E-state index contributed by atoms with van der Waals surface area (Å²) in [6.07, 6.45) is 0. The van der Waals surface area contributed by atoms with Crippen molar-refractivity contribution < 1.29 is 0 Å². The highest BCUT2D eigenvalue weighted by atomic mass is 15.3. The largest absolute Gasteiger partial charge is 0.309 e. The molecular formula is C71H46N4. The molecule has 15 rings (SSSR count). The van der Waals surface area contributed by atoms with Gasteiger partial charge in [-0.25, -0.2) is 9.97 Å². The first-order valence-corrected chi connectivity index (χ1v) is 25.7. The van der Waals surface area contributed by atoms with Crippen LogP contribution in [0.3, 0.4) is 0 Å². The van der Waals surface area contributed by atoms with Crippen LogP contribution in [0.5, 0.6) is 0 Å². The molecule has 0 atom stereocenters. The molecule has 4 heteroatoms. The zero-order valence-electron chi connectivity index (χ0n) is 40.8. The highest BCUT2D eigenvalue weighted by molar-refractivity contribution is 6.10. The fraction of sp³-hybridized carbons (Fsp3) is 0.0141. The molecule has 0 N–H and O–H groups in total. The molecule has 1 aliphatic heterocycles. The Kier molecular flexibility index (Phi) is 9.76. The molecule has 0 radical (unpaired) electrons. The first kappa shape index (κ1) is 42.8. The minimum absolute atomic E-state index is 0.622. The minimum Gasteiger partial charge on any atom is -0.309 e. The van der Waals surface area contributed by atoms with Gasteiger partial charge < -0.3 is 4.57 Å². The molecule has 0 amide bonds. The van der Waals surface area contributed by atoms with Gasteiger partial charge in [0.2, 0.25) is 5.95 Å². The number of anilines is 3. The Labute approximate surface area is 435 Å². The van der Waals surface area contributed by atoms with Gasteiger partial charge >= 0.3 is 0 Å². The average molecular weight is 955 g/mol. The fourth-order valence-corrected chi connectivity index (χ4v) is 12.3. The first-order valence-electron chi connectivity index (χ1n) is 25.7. The Morgan fingerprint density at radius 2 is 0.720 bits per heavy atom. The monoisotopic (exact) mass is 954 g/mol. The van der Waals surface area contributed by atoms with Crippen LogP contribution in [0.4, 0.5) is 17.3 Å². The average Bonchev–Trinajstić information content (AvgIpc) is 4.17. The fourth-order valence-electron chi connectivity index (χ4n) is 12.3. The van der Waals surface area contributed by atoms with Crippen LogP contribution in [0, 0.1) is 0 Å². The minimum atomic E-state index is -0.622. The Morgan fingerprint density at radius 3 is 1.36 bits per heavy atom. The lowest BCUT2D eigenvalue weighted by Gasteiger charge is -2.44. The predicted molar refractivity (Wildman–Crippen MR) is 309 cm³/mol. The highest BCUT2D eigenvalue weighted by Gasteiger charge is 2.52. The number of fused-ring (bicyclic) bond motifs is 12. The smallest absolute Gasteiger partial charge is 0.235 e. The van der Waals surface area contributed by atoms with Crippen LogP contribution in [0.2, 0.25) is 0 Å². The molecule has 1 aliphatic carbocycles. The highest BCUT2D eigenvalue weighted by Crippen LogP contribution is 2.63. The molecule has 1 spiro atoms. The van der Waals surface area contributed by atoms with Crippen molar-refractivity contribution in [2.24, 2.45) is 0 Å². The van der Waals surface area contributed by atoms with Crippen LogP contribution in [-0.2, 0) is 5.41 Å². The number of hydrogen-bond donors (Lipinski definition) is 0. The summed E-state index contributed by atoms with van der Waals surface area (Å²) in [5.41, 5.74) is 23.4. The van der Waals surface area contributed by atoms with E-state index in [0.29, 0.717) is 5.95 Å². The van der Waals surface area contributed by atoms with Crippen LogP contribution in [0.1, 0.15) is 22.3 Å². The number of nitrogens with zero attached hydrogens (tertiary/aromatic N) is 4. The van der Waals surface area contributed by atoms with Gasteiger partial charge in [0.05, 0.1) is 39.2 Å². The third-order valence-electron chi connectivity index (χ3n) is 15.7. The van der Waals surface area contributed by atoms with Crippen molar-refractivity contribution in [3.63, 3.8) is 0 Å². The summed E-state index contributed by atoms with van der Waals surface area (Å²) in [5, 5.41) is 2.48. The number of para-hydroxylation sites is 3. The van der Waals surface area contributed by atoms with Gasteiger partial charge in [0.1, 0.15) is 0 Å². The Morgan fingerprint density at radius 1 is 0.280 bits per heavy atom. The van der Waals surface area contributed by atoms with Gasteiger partial charge in [0.15, 0.2) is 0 Å². The van der Waals surface area contributed by atoms with Crippen molar-refractivity contribution in [2.75, 3.05) is 4.90 Å². The summed E-state index contributed by atoms with van der Waals surface area (Å²) in [6, 6.07) is 101. The molecule has 13 aromatic rings. The standard InChI is InChI=1S/C71H46N4/c1-4-18-47(19-5-1)48-36-40-55(41-37-48)74-66-29-15-11-25-58(66)59-44-53(39-43-67(59)74)49-32-34-50(35-33-49)54-38-42-57-56-24-10-12-26-60(56)71(63(57)45-54)61-27-13-16-30-68(61)75(69-31-17-14-28-62(69)71)70-72-64(51-20-6-2-7-21-51)46-65(73-70)52-22-8-3-9-23-52/h1-46H. The maximum Gasteiger partial charge on any atom is 0.235 e. The summed E-state index contributed by atoms with van der Waals surface area (Å²) in [6.45, 7) is 0. The molecule has 2 aliphatic rings. The summed E-state index contributed by atoms with van der Waals surface area (Å²) in [4.78, 5) is 13.1. The van der Waals surface area contributed by atoms with Gasteiger partial charge in [-0.1, -0.05) is 224 Å². The van der Waals surface area contributed by atoms with Gasteiger partial charge in [0, 0.05) is 27.6 Å². The van der Waals surface area contributed by atoms with E-state index in [9.17, 15) is 0 Å². The van der Waals surface area contributed by atoms with Gasteiger partial charge in [-0.15, -0.1) is 0 Å². The Balaban J connectivity index is 0.837. The van der Waals surface area contributed by atoms with E-state index >= 15 is 0 Å². The molecule has 75 heavy (non-hydrogen) atoms. The molecule has 0 fully saturated rings. The molecule has 0 saturated heterocycles. The van der Waals surface area contributed by atoms with Gasteiger partial charge in [0.25, 0.3) is 0 Å². The number of rotatable bonds is 7. The van der Waals surface area contributed by atoms with Crippen molar-refractivity contribution >= 4 is 39.1 Å². The molecule has 11 aromatic carbocycles. The van der Waals surface area contributed by atoms with Crippen LogP contribution in [0.15, 0.2) is 279 Å². The Bertz CT molecular complexity index is 4230. The second kappa shape index (κ2) is 17.1. The molecular weight excluding hydrogens is 909 g/mol. The van der Waals surface area contributed by atoms with Crippen molar-refractivity contribution in [1.82, 2.24) is 14.5 Å². The van der Waals surface area contributed by atoms with Gasteiger partial charge in [-0.3, -0.25) is 4.90 Å². The normalized spacial score (nSPS) is 12.9. The lowest BCUT2D eigenvalue weighted by molar-refractivity contribution is 0.750. The van der Waals surface area contributed by atoms with Crippen LogP contribution < -0.4 is 4.90 Å².